The first-order valence-electron chi connectivity index (χ1n) is 15.5. The van der Waals surface area contributed by atoms with Crippen molar-refractivity contribution in [2.75, 3.05) is 31.5 Å². The van der Waals surface area contributed by atoms with Gasteiger partial charge >= 0.3 is 6.18 Å². The minimum atomic E-state index is -4.50. The zero-order valence-corrected chi connectivity index (χ0v) is 25.5. The standard InChI is InChI=1S/C32H37F3N10/c1-30(2)18-43(19-30)16-21-11-26(32(33,34)35)42-27(12-21)41-23-4-9-44(10-5-23)24-13-31(14-24,6-7-36)45-17-22(15-40-45)28-25-3-8-37-29(25)39-20-38-28/h3,8,11-12,15,17,20,23-24H,4-6,9-10,13-14,16,18-19H2,1-2H3,(H,41,42)(H,37,38,39)/t24-,31-. The lowest BCUT2D eigenvalue weighted by Crippen LogP contribution is -2.58. The Morgan fingerprint density at radius 3 is 2.62 bits per heavy atom. The maximum Gasteiger partial charge on any atom is 0.433 e. The van der Waals surface area contributed by atoms with Crippen LogP contribution in [0.1, 0.15) is 57.2 Å². The van der Waals surface area contributed by atoms with Gasteiger partial charge in [-0.25, -0.2) is 15.0 Å². The summed E-state index contributed by atoms with van der Waals surface area (Å²) in [6, 6.07) is 7.64. The fourth-order valence-electron chi connectivity index (χ4n) is 7.49. The highest BCUT2D eigenvalue weighted by Gasteiger charge is 2.49. The van der Waals surface area contributed by atoms with Crippen molar-refractivity contribution in [3.8, 4) is 17.3 Å². The largest absolute Gasteiger partial charge is 0.433 e. The molecule has 2 N–H and O–H groups in total. The Morgan fingerprint density at radius 2 is 1.91 bits per heavy atom. The third-order valence-corrected chi connectivity index (χ3v) is 9.62. The molecule has 2 aliphatic heterocycles. The number of pyridine rings is 1. The number of piperidine rings is 1. The summed E-state index contributed by atoms with van der Waals surface area (Å²) in [6.07, 6.45) is 6.26. The number of halogens is 3. The number of nitriles is 1. The molecule has 6 heterocycles. The average molecular weight is 619 g/mol. The van der Waals surface area contributed by atoms with Crippen molar-refractivity contribution in [1.82, 2.24) is 39.5 Å². The van der Waals surface area contributed by atoms with E-state index in [1.54, 1.807) is 12.3 Å². The predicted molar refractivity (Wildman–Crippen MR) is 163 cm³/mol. The number of aromatic nitrogens is 6. The number of alkyl halides is 3. The molecule has 7 rings (SSSR count). The Morgan fingerprint density at radius 1 is 1.13 bits per heavy atom. The Bertz CT molecular complexity index is 1710. The Kier molecular flexibility index (Phi) is 7.32. The summed E-state index contributed by atoms with van der Waals surface area (Å²) < 4.78 is 43.0. The van der Waals surface area contributed by atoms with Crippen LogP contribution in [0.5, 0.6) is 0 Å². The quantitative estimate of drug-likeness (QED) is 0.269. The Balaban J connectivity index is 0.978. The van der Waals surface area contributed by atoms with Crippen LogP contribution < -0.4 is 5.32 Å². The molecule has 1 saturated carbocycles. The minimum Gasteiger partial charge on any atom is -0.367 e. The maximum absolute atomic E-state index is 13.7. The topological polar surface area (TPSA) is 115 Å². The van der Waals surface area contributed by atoms with Gasteiger partial charge in [0.2, 0.25) is 0 Å². The first-order valence-corrected chi connectivity index (χ1v) is 15.5. The summed E-state index contributed by atoms with van der Waals surface area (Å²) in [5.41, 5.74) is 2.07. The molecule has 45 heavy (non-hydrogen) atoms. The number of nitrogens with zero attached hydrogens (tertiary/aromatic N) is 8. The smallest absolute Gasteiger partial charge is 0.367 e. The molecule has 4 aromatic rings. The summed E-state index contributed by atoms with van der Waals surface area (Å²) in [4.78, 5) is 20.4. The molecule has 3 fully saturated rings. The number of fused-ring (bicyclic) bond motifs is 1. The molecule has 0 unspecified atom stereocenters. The van der Waals surface area contributed by atoms with Crippen LogP contribution in [0.2, 0.25) is 0 Å². The number of rotatable bonds is 8. The highest BCUT2D eigenvalue weighted by Crippen LogP contribution is 2.46. The molecular formula is C32H37F3N10. The summed E-state index contributed by atoms with van der Waals surface area (Å²) in [5, 5.41) is 18.6. The van der Waals surface area contributed by atoms with Crippen LogP contribution in [0.3, 0.4) is 0 Å². The lowest BCUT2D eigenvalue weighted by molar-refractivity contribution is -0.141. The van der Waals surface area contributed by atoms with Crippen molar-refractivity contribution < 1.29 is 13.2 Å². The van der Waals surface area contributed by atoms with Gasteiger partial charge < -0.3 is 15.2 Å². The highest BCUT2D eigenvalue weighted by molar-refractivity contribution is 5.90. The Labute approximate surface area is 259 Å². The summed E-state index contributed by atoms with van der Waals surface area (Å²) in [7, 11) is 0. The number of hydrogen-bond donors (Lipinski definition) is 2. The highest BCUT2D eigenvalue weighted by atomic mass is 19.4. The third kappa shape index (κ3) is 5.89. The molecule has 236 valence electrons. The van der Waals surface area contributed by atoms with Crippen molar-refractivity contribution in [3.05, 3.63) is 54.4 Å². The van der Waals surface area contributed by atoms with E-state index in [0.717, 1.165) is 74.2 Å². The first kappa shape index (κ1) is 29.7. The van der Waals surface area contributed by atoms with Crippen molar-refractivity contribution in [1.29, 1.82) is 5.26 Å². The van der Waals surface area contributed by atoms with E-state index in [1.165, 1.54) is 12.4 Å². The SMILES string of the molecule is CC1(C)CN(Cc2cc(NC3CCN([C@H]4C[C@](CC#N)(n5cc(-c6ncnc7[nH]ccc67)cn5)C4)CC3)nc(C(F)(F)F)c2)C1. The van der Waals surface area contributed by atoms with E-state index in [2.05, 4.69) is 60.1 Å². The lowest BCUT2D eigenvalue weighted by atomic mass is 9.69. The van der Waals surface area contributed by atoms with Gasteiger partial charge in [0, 0.05) is 68.2 Å². The molecule has 3 aliphatic rings. The normalized spacial score (nSPS) is 24.2. The second kappa shape index (κ2) is 11.1. The molecule has 4 aromatic heterocycles. The number of nitrogens with one attached hydrogen (secondary N) is 2. The van der Waals surface area contributed by atoms with Crippen LogP contribution in [0, 0.1) is 16.7 Å². The van der Waals surface area contributed by atoms with Gasteiger partial charge in [-0.05, 0) is 54.9 Å². The van der Waals surface area contributed by atoms with Crippen molar-refractivity contribution in [2.24, 2.45) is 5.41 Å². The van der Waals surface area contributed by atoms with E-state index in [4.69, 9.17) is 0 Å². The van der Waals surface area contributed by atoms with Crippen LogP contribution in [0.15, 0.2) is 43.1 Å². The minimum absolute atomic E-state index is 0.0452. The molecular weight excluding hydrogens is 581 g/mol. The van der Waals surface area contributed by atoms with Crippen LogP contribution in [0.4, 0.5) is 19.0 Å². The van der Waals surface area contributed by atoms with Crippen LogP contribution >= 0.6 is 0 Å². The van der Waals surface area contributed by atoms with E-state index in [1.807, 2.05) is 23.1 Å². The molecule has 0 aromatic carbocycles. The van der Waals surface area contributed by atoms with E-state index in [9.17, 15) is 18.4 Å². The lowest BCUT2D eigenvalue weighted by Gasteiger charge is -2.52. The number of aromatic amines is 1. The van der Waals surface area contributed by atoms with Crippen LogP contribution in [0.25, 0.3) is 22.3 Å². The van der Waals surface area contributed by atoms with Gasteiger partial charge in [0.25, 0.3) is 0 Å². The second-order valence-electron chi connectivity index (χ2n) is 13.8. The number of anilines is 1. The molecule has 0 radical (unpaired) electrons. The van der Waals surface area contributed by atoms with Gasteiger partial charge in [-0.1, -0.05) is 13.8 Å². The van der Waals surface area contributed by atoms with E-state index in [0.29, 0.717) is 30.4 Å². The van der Waals surface area contributed by atoms with Gasteiger partial charge in [-0.15, -0.1) is 0 Å². The van der Waals surface area contributed by atoms with Gasteiger partial charge in [0.1, 0.15) is 23.5 Å². The molecule has 10 nitrogen and oxygen atoms in total. The monoisotopic (exact) mass is 618 g/mol. The summed E-state index contributed by atoms with van der Waals surface area (Å²) in [6.45, 7) is 8.22. The van der Waals surface area contributed by atoms with E-state index < -0.39 is 11.9 Å². The molecule has 0 bridgehead atoms. The number of H-pyrrole nitrogens is 1. The molecule has 13 heteroatoms. The van der Waals surface area contributed by atoms with Gasteiger partial charge in [0.05, 0.1) is 29.9 Å². The van der Waals surface area contributed by atoms with E-state index >= 15 is 0 Å². The Hall–Kier alpha value is -4.02. The van der Waals surface area contributed by atoms with Gasteiger partial charge in [-0.3, -0.25) is 9.58 Å². The number of hydrogen-bond acceptors (Lipinski definition) is 8. The van der Waals surface area contributed by atoms with Crippen molar-refractivity contribution >= 4 is 16.9 Å². The second-order valence-corrected chi connectivity index (χ2v) is 13.8. The zero-order valence-electron chi connectivity index (χ0n) is 25.5. The molecule has 1 aliphatic carbocycles. The maximum atomic E-state index is 13.7. The van der Waals surface area contributed by atoms with Crippen molar-refractivity contribution in [3.63, 3.8) is 0 Å². The number of likely N-dealkylation sites (tertiary alicyclic amines) is 2. The summed E-state index contributed by atoms with van der Waals surface area (Å²) in [5.74, 6) is 0.296. The first-order chi connectivity index (χ1) is 21.5. The third-order valence-electron chi connectivity index (χ3n) is 9.62. The van der Waals surface area contributed by atoms with Crippen LogP contribution in [-0.2, 0) is 18.3 Å². The van der Waals surface area contributed by atoms with Gasteiger partial charge in [0.15, 0.2) is 0 Å². The summed E-state index contributed by atoms with van der Waals surface area (Å²) >= 11 is 0. The van der Waals surface area contributed by atoms with E-state index in [-0.39, 0.29) is 17.0 Å². The predicted octanol–water partition coefficient (Wildman–Crippen LogP) is 5.42. The average Bonchev–Trinajstić information content (AvgIpc) is 3.64. The fraction of sp³-hybridized carbons (Fsp3) is 0.531. The fourth-order valence-corrected chi connectivity index (χ4v) is 7.49. The van der Waals surface area contributed by atoms with Gasteiger partial charge in [-0.2, -0.15) is 23.5 Å². The zero-order chi connectivity index (χ0) is 31.4. The molecule has 0 amide bonds. The molecule has 0 atom stereocenters. The molecule has 0 spiro atoms. The molecule has 2 saturated heterocycles. The van der Waals surface area contributed by atoms with Crippen LogP contribution in [-0.4, -0.2) is 77.8 Å². The van der Waals surface area contributed by atoms with Crippen molar-refractivity contribution in [2.45, 2.75) is 76.3 Å².